The van der Waals surface area contributed by atoms with E-state index in [4.69, 9.17) is 5.11 Å². The third-order valence-corrected chi connectivity index (χ3v) is 5.45. The van der Waals surface area contributed by atoms with E-state index in [2.05, 4.69) is 11.8 Å². The molecule has 0 aliphatic carbocycles. The third-order valence-electron chi connectivity index (χ3n) is 3.03. The molecule has 0 aromatic carbocycles. The molecule has 1 aliphatic heterocycles. The first-order valence-electron chi connectivity index (χ1n) is 6.46. The number of carbonyl (C=O) groups excluding carboxylic acids is 1. The van der Waals surface area contributed by atoms with Crippen molar-refractivity contribution in [1.82, 2.24) is 4.90 Å². The van der Waals surface area contributed by atoms with Crippen molar-refractivity contribution < 1.29 is 14.1 Å². The summed E-state index contributed by atoms with van der Waals surface area (Å²) in [6.45, 7) is 3.11. The summed E-state index contributed by atoms with van der Waals surface area (Å²) in [7, 11) is -0.775. The zero-order valence-corrected chi connectivity index (χ0v) is 13.0. The normalized spacial score (nSPS) is 15.8. The molecule has 0 saturated carbocycles. The van der Waals surface area contributed by atoms with Gasteiger partial charge in [-0.2, -0.15) is 0 Å². The predicted octanol–water partition coefficient (Wildman–Crippen LogP) is 0.995. The number of aliphatic hydroxyl groups is 1. The quantitative estimate of drug-likeness (QED) is 0.829. The fourth-order valence-corrected chi connectivity index (χ4v) is 3.97. The zero-order chi connectivity index (χ0) is 14.5. The number of nitrogens with zero attached hydrogens (tertiary/aromatic N) is 1. The first kappa shape index (κ1) is 15.2. The number of hydrogen-bond donors (Lipinski definition) is 1. The SMILES string of the molecule is Cc1cc(C(=O)N2CCS(=O)CC2)sc1C#CCCO. The Hall–Kier alpha value is -1.16. The van der Waals surface area contributed by atoms with Crippen LogP contribution in [-0.4, -0.2) is 51.3 Å². The van der Waals surface area contributed by atoms with E-state index in [9.17, 15) is 9.00 Å². The molecule has 1 aromatic heterocycles. The van der Waals surface area contributed by atoms with Crippen LogP contribution in [0.4, 0.5) is 0 Å². The summed E-state index contributed by atoms with van der Waals surface area (Å²) in [5.41, 5.74) is 0.990. The molecular formula is C14H17NO3S2. The smallest absolute Gasteiger partial charge is 0.264 e. The lowest BCUT2D eigenvalue weighted by atomic mass is 10.2. The molecule has 108 valence electrons. The van der Waals surface area contributed by atoms with Gasteiger partial charge in [-0.3, -0.25) is 9.00 Å². The number of hydrogen-bond acceptors (Lipinski definition) is 4. The third kappa shape index (κ3) is 3.69. The topological polar surface area (TPSA) is 57.6 Å². The van der Waals surface area contributed by atoms with Gasteiger partial charge in [0.2, 0.25) is 0 Å². The Morgan fingerprint density at radius 2 is 2.20 bits per heavy atom. The molecule has 1 N–H and O–H groups in total. The predicted molar refractivity (Wildman–Crippen MR) is 81.4 cm³/mol. The van der Waals surface area contributed by atoms with E-state index in [0.29, 0.717) is 35.9 Å². The number of rotatable bonds is 2. The van der Waals surface area contributed by atoms with Gasteiger partial charge >= 0.3 is 0 Å². The molecule has 0 radical (unpaired) electrons. The van der Waals surface area contributed by atoms with Gasteiger partial charge < -0.3 is 10.0 Å². The monoisotopic (exact) mass is 311 g/mol. The fraction of sp³-hybridized carbons (Fsp3) is 0.500. The van der Waals surface area contributed by atoms with Crippen LogP contribution in [0, 0.1) is 18.8 Å². The number of aryl methyl sites for hydroxylation is 1. The average molecular weight is 311 g/mol. The van der Waals surface area contributed by atoms with E-state index in [1.165, 1.54) is 11.3 Å². The van der Waals surface area contributed by atoms with Crippen LogP contribution in [0.2, 0.25) is 0 Å². The molecule has 20 heavy (non-hydrogen) atoms. The molecule has 0 atom stereocenters. The van der Waals surface area contributed by atoms with Gasteiger partial charge in [0.25, 0.3) is 5.91 Å². The van der Waals surface area contributed by atoms with Crippen LogP contribution in [-0.2, 0) is 10.8 Å². The van der Waals surface area contributed by atoms with Crippen molar-refractivity contribution in [1.29, 1.82) is 0 Å². The van der Waals surface area contributed by atoms with Crippen LogP contribution in [0.25, 0.3) is 0 Å². The molecule has 1 amide bonds. The Morgan fingerprint density at radius 3 is 2.85 bits per heavy atom. The number of thiophene rings is 1. The van der Waals surface area contributed by atoms with Gasteiger partial charge in [-0.15, -0.1) is 11.3 Å². The maximum Gasteiger partial charge on any atom is 0.264 e. The van der Waals surface area contributed by atoms with Crippen molar-refractivity contribution in [3.05, 3.63) is 21.4 Å². The van der Waals surface area contributed by atoms with Crippen molar-refractivity contribution in [3.8, 4) is 11.8 Å². The first-order chi connectivity index (χ1) is 9.61. The largest absolute Gasteiger partial charge is 0.395 e. The average Bonchev–Trinajstić information content (AvgIpc) is 2.81. The maximum atomic E-state index is 12.4. The Balaban J connectivity index is 2.09. The highest BCUT2D eigenvalue weighted by Gasteiger charge is 2.22. The fourth-order valence-electron chi connectivity index (χ4n) is 1.91. The van der Waals surface area contributed by atoms with E-state index in [1.54, 1.807) is 4.90 Å². The molecule has 1 aliphatic rings. The minimum absolute atomic E-state index is 0.00464. The van der Waals surface area contributed by atoms with Crippen molar-refractivity contribution in [2.24, 2.45) is 0 Å². The molecule has 4 nitrogen and oxygen atoms in total. The summed E-state index contributed by atoms with van der Waals surface area (Å²) in [5, 5.41) is 8.71. The Kier molecular flexibility index (Phi) is 5.35. The standard InChI is InChI=1S/C14H17NO3S2/c1-11-10-13(19-12(11)4-2-3-7-16)14(17)15-5-8-20(18)9-6-15/h10,16H,3,5-9H2,1H3. The number of aliphatic hydroxyl groups excluding tert-OH is 1. The van der Waals surface area contributed by atoms with Crippen LogP contribution in [0.15, 0.2) is 6.07 Å². The number of carbonyl (C=O) groups is 1. The van der Waals surface area contributed by atoms with E-state index >= 15 is 0 Å². The van der Waals surface area contributed by atoms with Crippen LogP contribution in [0.3, 0.4) is 0 Å². The van der Waals surface area contributed by atoms with Crippen LogP contribution >= 0.6 is 11.3 Å². The highest BCUT2D eigenvalue weighted by molar-refractivity contribution is 7.85. The van der Waals surface area contributed by atoms with Crippen molar-refractivity contribution >= 4 is 28.0 Å². The summed E-state index contributed by atoms with van der Waals surface area (Å²) in [6, 6.07) is 1.86. The molecule has 2 rings (SSSR count). The van der Waals surface area contributed by atoms with Gasteiger partial charge in [0, 0.05) is 41.8 Å². The molecule has 6 heteroatoms. The van der Waals surface area contributed by atoms with Crippen LogP contribution < -0.4 is 0 Å². The van der Waals surface area contributed by atoms with Crippen LogP contribution in [0.1, 0.15) is 26.5 Å². The van der Waals surface area contributed by atoms with Crippen molar-refractivity contribution in [2.45, 2.75) is 13.3 Å². The van der Waals surface area contributed by atoms with E-state index < -0.39 is 10.8 Å². The number of amides is 1. The van der Waals surface area contributed by atoms with Crippen molar-refractivity contribution in [3.63, 3.8) is 0 Å². The lowest BCUT2D eigenvalue weighted by molar-refractivity contribution is 0.0776. The summed E-state index contributed by atoms with van der Waals surface area (Å²) in [4.78, 5) is 15.7. The van der Waals surface area contributed by atoms with Gasteiger partial charge in [-0.05, 0) is 18.6 Å². The highest BCUT2D eigenvalue weighted by Crippen LogP contribution is 2.23. The van der Waals surface area contributed by atoms with E-state index in [-0.39, 0.29) is 12.5 Å². The summed E-state index contributed by atoms with van der Waals surface area (Å²) >= 11 is 1.39. The molecule has 0 bridgehead atoms. The summed E-state index contributed by atoms with van der Waals surface area (Å²) < 4.78 is 11.3. The Labute approximate surface area is 125 Å². The van der Waals surface area contributed by atoms with Gasteiger partial charge in [0.05, 0.1) is 16.4 Å². The first-order valence-corrected chi connectivity index (χ1v) is 8.76. The van der Waals surface area contributed by atoms with Crippen molar-refractivity contribution in [2.75, 3.05) is 31.2 Å². The Morgan fingerprint density at radius 1 is 1.50 bits per heavy atom. The van der Waals surface area contributed by atoms with E-state index in [0.717, 1.165) is 10.4 Å². The Bertz CT molecular complexity index is 573. The minimum Gasteiger partial charge on any atom is -0.395 e. The summed E-state index contributed by atoms with van der Waals surface area (Å²) in [5.74, 6) is 7.01. The highest BCUT2D eigenvalue weighted by atomic mass is 32.2. The van der Waals surface area contributed by atoms with Gasteiger partial charge in [0.1, 0.15) is 0 Å². The van der Waals surface area contributed by atoms with Gasteiger partial charge in [-0.25, -0.2) is 0 Å². The molecule has 1 saturated heterocycles. The lowest BCUT2D eigenvalue weighted by Crippen LogP contribution is -2.41. The second kappa shape index (κ2) is 7.02. The van der Waals surface area contributed by atoms with E-state index in [1.807, 2.05) is 13.0 Å². The molecule has 1 aromatic rings. The second-order valence-corrected chi connectivity index (χ2v) is 7.29. The molecule has 1 fully saturated rings. The lowest BCUT2D eigenvalue weighted by Gasteiger charge is -2.25. The van der Waals surface area contributed by atoms with Gasteiger partial charge in [0.15, 0.2) is 0 Å². The second-order valence-electron chi connectivity index (χ2n) is 4.54. The summed E-state index contributed by atoms with van der Waals surface area (Å²) in [6.07, 6.45) is 0.443. The zero-order valence-electron chi connectivity index (χ0n) is 11.3. The van der Waals surface area contributed by atoms with Crippen LogP contribution in [0.5, 0.6) is 0 Å². The molecular weight excluding hydrogens is 294 g/mol. The van der Waals surface area contributed by atoms with Gasteiger partial charge in [-0.1, -0.05) is 11.8 Å². The molecule has 2 heterocycles. The molecule has 0 spiro atoms. The minimum atomic E-state index is -0.775. The molecule has 0 unspecified atom stereocenters. The maximum absolute atomic E-state index is 12.4.